The molecule has 0 saturated heterocycles. The molecule has 6 nitrogen and oxygen atoms in total. The highest BCUT2D eigenvalue weighted by atomic mass is 32.1. The van der Waals surface area contributed by atoms with Crippen molar-refractivity contribution in [1.29, 1.82) is 0 Å². The first kappa shape index (κ1) is 21.2. The standard InChI is InChI=1S/C24H26N2O4S/c1-15-22(23(27)26-17-7-10-19-20(13-17)29-12-11-28-19)31-21(25-15)14-30-18-8-5-16(6-9-18)24(2,3)4/h5-10,13H,11-12,14H2,1-4H3,(H,26,27). The molecule has 0 radical (unpaired) electrons. The lowest BCUT2D eigenvalue weighted by atomic mass is 9.87. The quantitative estimate of drug-likeness (QED) is 0.581. The number of aryl methyl sites for hydroxylation is 1. The molecular weight excluding hydrogens is 412 g/mol. The van der Waals surface area contributed by atoms with Crippen molar-refractivity contribution in [2.24, 2.45) is 0 Å². The van der Waals surface area contributed by atoms with E-state index in [9.17, 15) is 4.79 Å². The van der Waals surface area contributed by atoms with Gasteiger partial charge in [0.1, 0.15) is 35.5 Å². The number of hydrogen-bond donors (Lipinski definition) is 1. The Morgan fingerprint density at radius 2 is 1.81 bits per heavy atom. The maximum Gasteiger partial charge on any atom is 0.267 e. The summed E-state index contributed by atoms with van der Waals surface area (Å²) in [5.41, 5.74) is 2.69. The number of aromatic nitrogens is 1. The first-order chi connectivity index (χ1) is 14.8. The van der Waals surface area contributed by atoms with Crippen LogP contribution in [0.25, 0.3) is 0 Å². The SMILES string of the molecule is Cc1nc(COc2ccc(C(C)(C)C)cc2)sc1C(=O)Nc1ccc2c(c1)OCCO2. The van der Waals surface area contributed by atoms with Gasteiger partial charge in [-0.15, -0.1) is 11.3 Å². The van der Waals surface area contributed by atoms with Crippen LogP contribution in [0.2, 0.25) is 0 Å². The predicted octanol–water partition coefficient (Wildman–Crippen LogP) is 5.35. The van der Waals surface area contributed by atoms with Gasteiger partial charge < -0.3 is 19.5 Å². The van der Waals surface area contributed by atoms with Gasteiger partial charge in [0.05, 0.1) is 5.69 Å². The van der Waals surface area contributed by atoms with Crippen molar-refractivity contribution in [2.75, 3.05) is 18.5 Å². The summed E-state index contributed by atoms with van der Waals surface area (Å²) in [5, 5.41) is 3.67. The Bertz CT molecular complexity index is 1080. The highest BCUT2D eigenvalue weighted by Gasteiger charge is 2.18. The van der Waals surface area contributed by atoms with E-state index >= 15 is 0 Å². The Kier molecular flexibility index (Phi) is 5.87. The second-order valence-corrected chi connectivity index (χ2v) is 9.48. The minimum atomic E-state index is -0.201. The summed E-state index contributed by atoms with van der Waals surface area (Å²) in [7, 11) is 0. The van der Waals surface area contributed by atoms with Crippen molar-refractivity contribution >= 4 is 22.9 Å². The van der Waals surface area contributed by atoms with Crippen LogP contribution in [0, 0.1) is 6.92 Å². The van der Waals surface area contributed by atoms with E-state index in [0.29, 0.717) is 47.6 Å². The minimum Gasteiger partial charge on any atom is -0.486 e. The zero-order chi connectivity index (χ0) is 22.0. The fourth-order valence-corrected chi connectivity index (χ4v) is 4.10. The van der Waals surface area contributed by atoms with Gasteiger partial charge in [-0.2, -0.15) is 0 Å². The Hall–Kier alpha value is -3.06. The lowest BCUT2D eigenvalue weighted by Gasteiger charge is -2.19. The molecule has 162 valence electrons. The van der Waals surface area contributed by atoms with Crippen LogP contribution in [-0.4, -0.2) is 24.1 Å². The lowest BCUT2D eigenvalue weighted by Crippen LogP contribution is -2.16. The van der Waals surface area contributed by atoms with Crippen LogP contribution >= 0.6 is 11.3 Å². The molecule has 1 aromatic heterocycles. The largest absolute Gasteiger partial charge is 0.486 e. The van der Waals surface area contributed by atoms with Gasteiger partial charge in [0.15, 0.2) is 11.5 Å². The number of nitrogens with one attached hydrogen (secondary N) is 1. The Labute approximate surface area is 186 Å². The summed E-state index contributed by atoms with van der Waals surface area (Å²) < 4.78 is 17.0. The normalized spacial score (nSPS) is 13.0. The van der Waals surface area contributed by atoms with Crippen LogP contribution in [-0.2, 0) is 12.0 Å². The maximum absolute atomic E-state index is 12.8. The smallest absolute Gasteiger partial charge is 0.267 e. The predicted molar refractivity (Wildman–Crippen MR) is 122 cm³/mol. The van der Waals surface area contributed by atoms with Crippen LogP contribution in [0.15, 0.2) is 42.5 Å². The van der Waals surface area contributed by atoms with Gasteiger partial charge in [-0.25, -0.2) is 4.98 Å². The zero-order valence-corrected chi connectivity index (χ0v) is 19.0. The average Bonchev–Trinajstić information content (AvgIpc) is 3.12. The fraction of sp³-hybridized carbons (Fsp3) is 0.333. The summed E-state index contributed by atoms with van der Waals surface area (Å²) in [6.45, 7) is 9.72. The molecule has 7 heteroatoms. The van der Waals surface area contributed by atoms with Crippen LogP contribution < -0.4 is 19.5 Å². The Morgan fingerprint density at radius 1 is 1.10 bits per heavy atom. The molecule has 0 atom stereocenters. The maximum atomic E-state index is 12.8. The van der Waals surface area contributed by atoms with Gasteiger partial charge >= 0.3 is 0 Å². The molecule has 0 unspecified atom stereocenters. The summed E-state index contributed by atoms with van der Waals surface area (Å²) >= 11 is 1.34. The number of carbonyl (C=O) groups excluding carboxylic acids is 1. The molecule has 1 N–H and O–H groups in total. The van der Waals surface area contributed by atoms with Crippen LogP contribution in [0.3, 0.4) is 0 Å². The van der Waals surface area contributed by atoms with Crippen molar-refractivity contribution in [2.45, 2.75) is 39.7 Å². The van der Waals surface area contributed by atoms with Gasteiger partial charge in [-0.05, 0) is 42.2 Å². The van der Waals surface area contributed by atoms with E-state index in [1.807, 2.05) is 19.1 Å². The number of nitrogens with zero attached hydrogens (tertiary/aromatic N) is 1. The third-order valence-electron chi connectivity index (χ3n) is 4.93. The molecule has 31 heavy (non-hydrogen) atoms. The number of amides is 1. The molecule has 3 aromatic rings. The molecular formula is C24H26N2O4S. The van der Waals surface area contributed by atoms with E-state index in [-0.39, 0.29) is 11.3 Å². The van der Waals surface area contributed by atoms with Crippen LogP contribution in [0.4, 0.5) is 5.69 Å². The summed E-state index contributed by atoms with van der Waals surface area (Å²) in [5.74, 6) is 1.90. The average molecular weight is 439 g/mol. The fourth-order valence-electron chi connectivity index (χ4n) is 3.23. The summed E-state index contributed by atoms with van der Waals surface area (Å²) in [4.78, 5) is 17.8. The number of anilines is 1. The van der Waals surface area contributed by atoms with Crippen molar-refractivity contribution in [3.63, 3.8) is 0 Å². The molecule has 1 aliphatic heterocycles. The number of fused-ring (bicyclic) bond motifs is 1. The number of thiazole rings is 1. The minimum absolute atomic E-state index is 0.102. The van der Waals surface area contributed by atoms with E-state index < -0.39 is 0 Å². The third-order valence-corrected chi connectivity index (χ3v) is 6.06. The van der Waals surface area contributed by atoms with Gasteiger partial charge in [0.25, 0.3) is 5.91 Å². The number of hydrogen-bond acceptors (Lipinski definition) is 6. The van der Waals surface area contributed by atoms with Crippen molar-refractivity contribution in [3.8, 4) is 17.2 Å². The van der Waals surface area contributed by atoms with Crippen LogP contribution in [0.5, 0.6) is 17.2 Å². The zero-order valence-electron chi connectivity index (χ0n) is 18.2. The Balaban J connectivity index is 1.39. The molecule has 0 aliphatic carbocycles. The molecule has 0 fully saturated rings. The van der Waals surface area contributed by atoms with Crippen molar-refractivity contribution < 1.29 is 19.0 Å². The lowest BCUT2D eigenvalue weighted by molar-refractivity contribution is 0.102. The van der Waals surface area contributed by atoms with Crippen molar-refractivity contribution in [3.05, 3.63) is 63.6 Å². The van der Waals surface area contributed by atoms with E-state index in [4.69, 9.17) is 14.2 Å². The first-order valence-electron chi connectivity index (χ1n) is 10.2. The molecule has 0 spiro atoms. The topological polar surface area (TPSA) is 69.7 Å². The van der Waals surface area contributed by atoms with E-state index in [2.05, 4.69) is 43.2 Å². The van der Waals surface area contributed by atoms with E-state index in [1.54, 1.807) is 18.2 Å². The molecule has 1 aliphatic rings. The number of ether oxygens (including phenoxy) is 3. The van der Waals surface area contributed by atoms with Gasteiger partial charge in [-0.3, -0.25) is 4.79 Å². The molecule has 0 bridgehead atoms. The molecule has 1 amide bonds. The second kappa shape index (κ2) is 8.59. The molecule has 4 rings (SSSR count). The Morgan fingerprint density at radius 3 is 2.52 bits per heavy atom. The van der Waals surface area contributed by atoms with Gasteiger partial charge in [0.2, 0.25) is 0 Å². The van der Waals surface area contributed by atoms with Gasteiger partial charge in [0, 0.05) is 11.8 Å². The molecule has 2 aromatic carbocycles. The third kappa shape index (κ3) is 4.99. The summed E-state index contributed by atoms with van der Waals surface area (Å²) in [6, 6.07) is 13.5. The monoisotopic (exact) mass is 438 g/mol. The number of carbonyl (C=O) groups is 1. The number of benzene rings is 2. The highest BCUT2D eigenvalue weighted by molar-refractivity contribution is 7.13. The van der Waals surface area contributed by atoms with E-state index in [1.165, 1.54) is 16.9 Å². The highest BCUT2D eigenvalue weighted by Crippen LogP contribution is 2.33. The van der Waals surface area contributed by atoms with Crippen molar-refractivity contribution in [1.82, 2.24) is 4.98 Å². The van der Waals surface area contributed by atoms with Crippen LogP contribution in [0.1, 0.15) is 46.7 Å². The molecule has 2 heterocycles. The molecule has 0 saturated carbocycles. The summed E-state index contributed by atoms with van der Waals surface area (Å²) in [6.07, 6.45) is 0. The second-order valence-electron chi connectivity index (χ2n) is 8.40. The first-order valence-corrected chi connectivity index (χ1v) is 11.0. The van der Waals surface area contributed by atoms with Gasteiger partial charge in [-0.1, -0.05) is 32.9 Å². The van der Waals surface area contributed by atoms with E-state index in [0.717, 1.165) is 10.8 Å². The number of rotatable bonds is 5.